The van der Waals surface area contributed by atoms with Gasteiger partial charge in [-0.1, -0.05) is 0 Å². The van der Waals surface area contributed by atoms with Crippen LogP contribution >= 0.6 is 0 Å². The second-order valence-electron chi connectivity index (χ2n) is 2.40. The summed E-state index contributed by atoms with van der Waals surface area (Å²) in [7, 11) is 1.28. The summed E-state index contributed by atoms with van der Waals surface area (Å²) < 4.78 is 22.2. The number of aliphatic hydroxyl groups is 2. The predicted molar refractivity (Wildman–Crippen MR) is 33.7 cm³/mol. The Kier molecular flexibility index (Phi) is 2.78. The lowest BCUT2D eigenvalue weighted by Gasteiger charge is -2.09. The van der Waals surface area contributed by atoms with Crippen molar-refractivity contribution in [3.8, 4) is 0 Å². The number of alkyl halides is 1. The Morgan fingerprint density at radius 1 is 1.64 bits per heavy atom. The first kappa shape index (κ1) is 8.86. The van der Waals surface area contributed by atoms with Crippen molar-refractivity contribution in [2.24, 2.45) is 0 Å². The lowest BCUT2D eigenvalue weighted by Crippen LogP contribution is -2.31. The molecule has 66 valence electrons. The minimum atomic E-state index is -1.57. The van der Waals surface area contributed by atoms with Crippen LogP contribution in [0.3, 0.4) is 0 Å². The zero-order chi connectivity index (χ0) is 8.43. The van der Waals surface area contributed by atoms with Crippen molar-refractivity contribution in [1.29, 1.82) is 0 Å². The molecular weight excluding hydrogens is 155 g/mol. The molecule has 0 aromatic rings. The third kappa shape index (κ3) is 1.51. The Labute approximate surface area is 63.5 Å². The second kappa shape index (κ2) is 3.44. The zero-order valence-corrected chi connectivity index (χ0v) is 6.11. The smallest absolute Gasteiger partial charge is 0.191 e. The fraction of sp³-hybridized carbons (Fsp3) is 1.00. The number of hydrogen-bond acceptors (Lipinski definition) is 4. The number of hydrogen-bond donors (Lipinski definition) is 2. The standard InChI is InChI=1S/C6H11FO4/c1-10-6-4(7)5(9)3(2-8)11-6/h3-6,8-9H,2H2,1H3/t3-,4+,5-,6+/m0/s1. The van der Waals surface area contributed by atoms with Gasteiger partial charge in [0.2, 0.25) is 0 Å². The van der Waals surface area contributed by atoms with Gasteiger partial charge in [-0.25, -0.2) is 4.39 Å². The predicted octanol–water partition coefficient (Wildman–Crippen LogP) is -0.951. The molecule has 1 heterocycles. The van der Waals surface area contributed by atoms with E-state index in [0.717, 1.165) is 0 Å². The highest BCUT2D eigenvalue weighted by Crippen LogP contribution is 2.23. The molecule has 1 aliphatic heterocycles. The summed E-state index contributed by atoms with van der Waals surface area (Å²) in [6, 6.07) is 0. The molecule has 5 heteroatoms. The van der Waals surface area contributed by atoms with E-state index in [0.29, 0.717) is 0 Å². The molecule has 1 aliphatic rings. The molecule has 0 radical (unpaired) electrons. The van der Waals surface area contributed by atoms with Crippen LogP contribution in [-0.4, -0.2) is 48.6 Å². The Balaban J connectivity index is 2.53. The highest BCUT2D eigenvalue weighted by Gasteiger charge is 2.43. The molecule has 0 aromatic carbocycles. The van der Waals surface area contributed by atoms with Crippen molar-refractivity contribution in [1.82, 2.24) is 0 Å². The van der Waals surface area contributed by atoms with E-state index in [1.54, 1.807) is 0 Å². The van der Waals surface area contributed by atoms with E-state index in [1.807, 2.05) is 0 Å². The van der Waals surface area contributed by atoms with E-state index in [2.05, 4.69) is 4.74 Å². The number of aliphatic hydroxyl groups excluding tert-OH is 2. The van der Waals surface area contributed by atoms with Crippen molar-refractivity contribution in [2.75, 3.05) is 13.7 Å². The van der Waals surface area contributed by atoms with Crippen LogP contribution in [0.15, 0.2) is 0 Å². The lowest BCUT2D eigenvalue weighted by atomic mass is 10.2. The normalized spacial score (nSPS) is 44.7. The maximum Gasteiger partial charge on any atom is 0.191 e. The number of rotatable bonds is 2. The maximum absolute atomic E-state index is 12.8. The van der Waals surface area contributed by atoms with Crippen LogP contribution < -0.4 is 0 Å². The van der Waals surface area contributed by atoms with Crippen LogP contribution in [-0.2, 0) is 9.47 Å². The molecule has 0 spiro atoms. The van der Waals surface area contributed by atoms with Gasteiger partial charge in [0.15, 0.2) is 12.5 Å². The fourth-order valence-electron chi connectivity index (χ4n) is 1.03. The largest absolute Gasteiger partial charge is 0.394 e. The van der Waals surface area contributed by atoms with E-state index in [-0.39, 0.29) is 0 Å². The van der Waals surface area contributed by atoms with Gasteiger partial charge in [-0.15, -0.1) is 0 Å². The molecule has 4 nitrogen and oxygen atoms in total. The van der Waals surface area contributed by atoms with Gasteiger partial charge >= 0.3 is 0 Å². The highest BCUT2D eigenvalue weighted by atomic mass is 19.1. The third-order valence-electron chi connectivity index (χ3n) is 1.69. The van der Waals surface area contributed by atoms with Crippen molar-refractivity contribution >= 4 is 0 Å². The Hall–Kier alpha value is -0.230. The summed E-state index contributed by atoms with van der Waals surface area (Å²) in [5.41, 5.74) is 0. The van der Waals surface area contributed by atoms with E-state index < -0.39 is 31.3 Å². The molecule has 0 saturated carbocycles. The van der Waals surface area contributed by atoms with Crippen LogP contribution in [0.25, 0.3) is 0 Å². The van der Waals surface area contributed by atoms with Gasteiger partial charge in [-0.2, -0.15) is 0 Å². The van der Waals surface area contributed by atoms with E-state index >= 15 is 0 Å². The number of methoxy groups -OCH3 is 1. The van der Waals surface area contributed by atoms with Gasteiger partial charge in [0, 0.05) is 7.11 Å². The van der Waals surface area contributed by atoms with Crippen molar-refractivity contribution < 1.29 is 24.1 Å². The molecular formula is C6H11FO4. The Bertz CT molecular complexity index is 114. The van der Waals surface area contributed by atoms with Crippen LogP contribution in [0.4, 0.5) is 4.39 Å². The summed E-state index contributed by atoms with van der Waals surface area (Å²) in [5, 5.41) is 17.6. The Morgan fingerprint density at radius 3 is 2.55 bits per heavy atom. The van der Waals surface area contributed by atoms with Crippen LogP contribution in [0, 0.1) is 0 Å². The monoisotopic (exact) mass is 166 g/mol. The molecule has 0 amide bonds. The quantitative estimate of drug-likeness (QED) is 0.555. The first-order chi connectivity index (χ1) is 5.20. The molecule has 1 fully saturated rings. The fourth-order valence-corrected chi connectivity index (χ4v) is 1.03. The lowest BCUT2D eigenvalue weighted by molar-refractivity contribution is -0.141. The first-order valence-corrected chi connectivity index (χ1v) is 3.32. The van der Waals surface area contributed by atoms with E-state index in [4.69, 9.17) is 14.9 Å². The number of ether oxygens (including phenoxy) is 2. The molecule has 0 aromatic heterocycles. The highest BCUT2D eigenvalue weighted by molar-refractivity contribution is 4.86. The minimum Gasteiger partial charge on any atom is -0.394 e. The van der Waals surface area contributed by atoms with Gasteiger partial charge in [-0.05, 0) is 0 Å². The summed E-state index contributed by atoms with van der Waals surface area (Å²) in [4.78, 5) is 0. The van der Waals surface area contributed by atoms with Crippen LogP contribution in [0.5, 0.6) is 0 Å². The summed E-state index contributed by atoms with van der Waals surface area (Å²) in [6.07, 6.45) is -4.78. The molecule has 4 atom stereocenters. The van der Waals surface area contributed by atoms with Crippen molar-refractivity contribution in [2.45, 2.75) is 24.7 Å². The first-order valence-electron chi connectivity index (χ1n) is 3.32. The number of halogens is 1. The molecule has 0 bridgehead atoms. The SMILES string of the molecule is CO[C@@H]1O[C@@H](CO)[C@H](O)[C@H]1F. The Morgan fingerprint density at radius 2 is 2.27 bits per heavy atom. The van der Waals surface area contributed by atoms with Crippen LogP contribution in [0.1, 0.15) is 0 Å². The van der Waals surface area contributed by atoms with E-state index in [1.165, 1.54) is 7.11 Å². The summed E-state index contributed by atoms with van der Waals surface area (Å²) >= 11 is 0. The van der Waals surface area contributed by atoms with Gasteiger partial charge < -0.3 is 19.7 Å². The van der Waals surface area contributed by atoms with Gasteiger partial charge in [0.05, 0.1) is 6.61 Å². The second-order valence-corrected chi connectivity index (χ2v) is 2.40. The van der Waals surface area contributed by atoms with E-state index in [9.17, 15) is 4.39 Å². The molecule has 1 rings (SSSR count). The summed E-state index contributed by atoms with van der Waals surface area (Å²) in [6.45, 7) is -0.401. The van der Waals surface area contributed by atoms with Gasteiger partial charge in [-0.3, -0.25) is 0 Å². The van der Waals surface area contributed by atoms with Crippen molar-refractivity contribution in [3.05, 3.63) is 0 Å². The summed E-state index contributed by atoms with van der Waals surface area (Å²) in [5.74, 6) is 0. The molecule has 2 N–H and O–H groups in total. The van der Waals surface area contributed by atoms with Crippen molar-refractivity contribution in [3.63, 3.8) is 0 Å². The molecule has 11 heavy (non-hydrogen) atoms. The average molecular weight is 166 g/mol. The van der Waals surface area contributed by atoms with Crippen LogP contribution in [0.2, 0.25) is 0 Å². The third-order valence-corrected chi connectivity index (χ3v) is 1.69. The minimum absolute atomic E-state index is 0.401. The molecule has 0 unspecified atom stereocenters. The topological polar surface area (TPSA) is 58.9 Å². The van der Waals surface area contributed by atoms with Gasteiger partial charge in [0.1, 0.15) is 12.2 Å². The van der Waals surface area contributed by atoms with Gasteiger partial charge in [0.25, 0.3) is 0 Å². The zero-order valence-electron chi connectivity index (χ0n) is 6.11. The average Bonchev–Trinajstić information content (AvgIpc) is 2.30. The maximum atomic E-state index is 12.8. The molecule has 1 saturated heterocycles. The molecule has 0 aliphatic carbocycles.